The second-order valence-corrected chi connectivity index (χ2v) is 8.75. The third-order valence-corrected chi connectivity index (χ3v) is 6.02. The summed E-state index contributed by atoms with van der Waals surface area (Å²) in [4.78, 5) is 7.21. The van der Waals surface area contributed by atoms with Crippen molar-refractivity contribution in [3.05, 3.63) is 64.1 Å². The van der Waals surface area contributed by atoms with Crippen LogP contribution in [0.4, 0.5) is 5.69 Å². The van der Waals surface area contributed by atoms with Crippen LogP contribution >= 0.6 is 35.0 Å². The molecule has 0 radical (unpaired) electrons. The number of rotatable bonds is 5. The van der Waals surface area contributed by atoms with Gasteiger partial charge < -0.3 is 4.90 Å². The lowest BCUT2D eigenvalue weighted by Crippen LogP contribution is -2.30. The first-order chi connectivity index (χ1) is 12.0. The Hall–Kier alpha value is -1.16. The van der Waals surface area contributed by atoms with Gasteiger partial charge in [0.1, 0.15) is 0 Å². The molecule has 0 bridgehead atoms. The summed E-state index contributed by atoms with van der Waals surface area (Å²) in [5, 5.41) is 2.60. The maximum absolute atomic E-state index is 6.32. The normalized spacial score (nSPS) is 19.2. The maximum atomic E-state index is 6.32. The highest BCUT2D eigenvalue weighted by molar-refractivity contribution is 8.14. The van der Waals surface area contributed by atoms with Gasteiger partial charge in [-0.1, -0.05) is 85.2 Å². The molecular weight excluding hydrogens is 371 g/mol. The third kappa shape index (κ3) is 4.93. The van der Waals surface area contributed by atoms with Gasteiger partial charge in [-0.05, 0) is 30.0 Å². The highest BCUT2D eigenvalue weighted by Gasteiger charge is 2.29. The van der Waals surface area contributed by atoms with Crippen LogP contribution in [0.1, 0.15) is 19.4 Å². The Morgan fingerprint density at radius 1 is 1.12 bits per heavy atom. The van der Waals surface area contributed by atoms with Gasteiger partial charge >= 0.3 is 0 Å². The van der Waals surface area contributed by atoms with Gasteiger partial charge in [0, 0.05) is 18.3 Å². The third-order valence-electron chi connectivity index (χ3n) is 4.01. The van der Waals surface area contributed by atoms with E-state index in [0.29, 0.717) is 21.2 Å². The summed E-state index contributed by atoms with van der Waals surface area (Å²) in [6.07, 6.45) is 1.04. The SMILES string of the molecule is CC(C)CN1CC(Cc2ccccc2)SC1=Nc1cccc(Cl)c1Cl. The molecule has 0 amide bonds. The molecule has 0 spiro atoms. The number of hydrogen-bond acceptors (Lipinski definition) is 2. The van der Waals surface area contributed by atoms with E-state index in [1.54, 1.807) is 6.07 Å². The molecule has 1 aliphatic rings. The first-order valence-electron chi connectivity index (χ1n) is 8.51. The van der Waals surface area contributed by atoms with E-state index in [1.165, 1.54) is 5.56 Å². The van der Waals surface area contributed by atoms with Gasteiger partial charge in [0.05, 0.1) is 15.7 Å². The lowest BCUT2D eigenvalue weighted by molar-refractivity contribution is 0.379. The molecule has 3 rings (SSSR count). The molecule has 1 unspecified atom stereocenters. The van der Waals surface area contributed by atoms with Crippen LogP contribution in [0.15, 0.2) is 53.5 Å². The molecule has 1 aliphatic heterocycles. The molecule has 25 heavy (non-hydrogen) atoms. The van der Waals surface area contributed by atoms with Gasteiger partial charge in [0.15, 0.2) is 5.17 Å². The number of benzene rings is 2. The summed E-state index contributed by atoms with van der Waals surface area (Å²) in [7, 11) is 0. The van der Waals surface area contributed by atoms with E-state index in [2.05, 4.69) is 49.1 Å². The minimum absolute atomic E-state index is 0.498. The van der Waals surface area contributed by atoms with Gasteiger partial charge in [-0.25, -0.2) is 4.99 Å². The Kier molecular flexibility index (Phi) is 6.32. The summed E-state index contributed by atoms with van der Waals surface area (Å²) in [6.45, 7) is 6.47. The van der Waals surface area contributed by atoms with Crippen molar-refractivity contribution < 1.29 is 0 Å². The average molecular weight is 393 g/mol. The smallest absolute Gasteiger partial charge is 0.164 e. The average Bonchev–Trinajstić information content (AvgIpc) is 2.93. The molecule has 1 fully saturated rings. The van der Waals surface area contributed by atoms with Gasteiger partial charge in [0.25, 0.3) is 0 Å². The number of aliphatic imine (C=N–C) groups is 1. The number of thioether (sulfide) groups is 1. The molecule has 1 saturated heterocycles. The lowest BCUT2D eigenvalue weighted by atomic mass is 10.1. The van der Waals surface area contributed by atoms with E-state index in [4.69, 9.17) is 28.2 Å². The van der Waals surface area contributed by atoms with Crippen LogP contribution in [0.25, 0.3) is 0 Å². The number of halogens is 2. The van der Waals surface area contributed by atoms with Crippen molar-refractivity contribution >= 4 is 45.8 Å². The van der Waals surface area contributed by atoms with Crippen molar-refractivity contribution in [2.24, 2.45) is 10.9 Å². The van der Waals surface area contributed by atoms with Crippen LogP contribution < -0.4 is 0 Å². The van der Waals surface area contributed by atoms with Crippen LogP contribution in [-0.2, 0) is 6.42 Å². The molecule has 2 aromatic rings. The molecule has 132 valence electrons. The zero-order valence-electron chi connectivity index (χ0n) is 14.5. The van der Waals surface area contributed by atoms with Crippen LogP contribution in [0.3, 0.4) is 0 Å². The fourth-order valence-electron chi connectivity index (χ4n) is 2.94. The van der Waals surface area contributed by atoms with Gasteiger partial charge in [-0.3, -0.25) is 0 Å². The van der Waals surface area contributed by atoms with Crippen LogP contribution in [0.5, 0.6) is 0 Å². The predicted molar refractivity (Wildman–Crippen MR) is 111 cm³/mol. The van der Waals surface area contributed by atoms with E-state index in [1.807, 2.05) is 23.9 Å². The van der Waals surface area contributed by atoms with Crippen molar-refractivity contribution in [3.63, 3.8) is 0 Å². The molecule has 5 heteroatoms. The van der Waals surface area contributed by atoms with Crippen molar-refractivity contribution in [3.8, 4) is 0 Å². The van der Waals surface area contributed by atoms with Crippen molar-refractivity contribution in [1.29, 1.82) is 0 Å². The first-order valence-corrected chi connectivity index (χ1v) is 10.1. The molecule has 2 aromatic carbocycles. The Bertz CT molecular complexity index is 747. The van der Waals surface area contributed by atoms with E-state index in [9.17, 15) is 0 Å². The second kappa shape index (κ2) is 8.48. The highest BCUT2D eigenvalue weighted by atomic mass is 35.5. The Labute approximate surface area is 164 Å². The van der Waals surface area contributed by atoms with E-state index in [-0.39, 0.29) is 0 Å². The van der Waals surface area contributed by atoms with Gasteiger partial charge in [-0.2, -0.15) is 0 Å². The molecule has 2 nitrogen and oxygen atoms in total. The topological polar surface area (TPSA) is 15.6 Å². The quantitative estimate of drug-likeness (QED) is 0.593. The van der Waals surface area contributed by atoms with Crippen LogP contribution in [0.2, 0.25) is 10.0 Å². The number of amidine groups is 1. The molecule has 0 aromatic heterocycles. The Balaban J connectivity index is 1.82. The molecular formula is C20H22Cl2N2S. The Morgan fingerprint density at radius 3 is 2.60 bits per heavy atom. The van der Waals surface area contributed by atoms with E-state index < -0.39 is 0 Å². The van der Waals surface area contributed by atoms with E-state index in [0.717, 1.165) is 30.4 Å². The summed E-state index contributed by atoms with van der Waals surface area (Å²) in [5.74, 6) is 0.580. The second-order valence-electron chi connectivity index (χ2n) is 6.70. The fourth-order valence-corrected chi connectivity index (χ4v) is 4.56. The minimum atomic E-state index is 0.498. The largest absolute Gasteiger partial charge is 0.350 e. The molecule has 1 atom stereocenters. The molecule has 0 saturated carbocycles. The predicted octanol–water partition coefficient (Wildman–Crippen LogP) is 6.30. The summed E-state index contributed by atoms with van der Waals surface area (Å²) in [5.41, 5.74) is 2.11. The Morgan fingerprint density at radius 2 is 1.88 bits per heavy atom. The maximum Gasteiger partial charge on any atom is 0.164 e. The number of hydrogen-bond donors (Lipinski definition) is 0. The minimum Gasteiger partial charge on any atom is -0.350 e. The zero-order chi connectivity index (χ0) is 17.8. The van der Waals surface area contributed by atoms with Crippen LogP contribution in [0, 0.1) is 5.92 Å². The van der Waals surface area contributed by atoms with Crippen molar-refractivity contribution in [2.75, 3.05) is 13.1 Å². The summed E-state index contributed by atoms with van der Waals surface area (Å²) >= 11 is 14.3. The molecule has 0 N–H and O–H groups in total. The monoisotopic (exact) mass is 392 g/mol. The lowest BCUT2D eigenvalue weighted by Gasteiger charge is -2.20. The first kappa shape index (κ1) is 18.6. The van der Waals surface area contributed by atoms with Gasteiger partial charge in [-0.15, -0.1) is 0 Å². The molecule has 0 aliphatic carbocycles. The number of nitrogens with zero attached hydrogens (tertiary/aromatic N) is 2. The van der Waals surface area contributed by atoms with Gasteiger partial charge in [0.2, 0.25) is 0 Å². The van der Waals surface area contributed by atoms with Crippen molar-refractivity contribution in [2.45, 2.75) is 25.5 Å². The van der Waals surface area contributed by atoms with E-state index >= 15 is 0 Å². The zero-order valence-corrected chi connectivity index (χ0v) is 16.8. The standard InChI is InChI=1S/C20H22Cl2N2S/c1-14(2)12-24-13-16(11-15-7-4-3-5-8-15)25-20(24)23-18-10-6-9-17(21)19(18)22/h3-10,14,16H,11-13H2,1-2H3. The summed E-state index contributed by atoms with van der Waals surface area (Å²) in [6, 6.07) is 16.2. The van der Waals surface area contributed by atoms with Crippen molar-refractivity contribution in [1.82, 2.24) is 4.90 Å². The fraction of sp³-hybridized carbons (Fsp3) is 0.350. The molecule has 1 heterocycles. The van der Waals surface area contributed by atoms with Crippen LogP contribution in [-0.4, -0.2) is 28.4 Å². The summed E-state index contributed by atoms with van der Waals surface area (Å²) < 4.78 is 0. The highest BCUT2D eigenvalue weighted by Crippen LogP contribution is 2.36.